The molecule has 0 saturated carbocycles. The molecule has 11 heteroatoms. The van der Waals surface area contributed by atoms with Gasteiger partial charge in [-0.2, -0.15) is 0 Å². The smallest absolute Gasteiger partial charge is 0.266 e. The first-order valence-corrected chi connectivity index (χ1v) is 12.2. The van der Waals surface area contributed by atoms with Gasteiger partial charge < -0.3 is 9.32 Å². The summed E-state index contributed by atoms with van der Waals surface area (Å²) in [5.41, 5.74) is 3.72. The number of likely N-dealkylation sites (tertiary alicyclic amines) is 1. The molecule has 3 aromatic rings. The molecule has 1 aliphatic heterocycles. The minimum Gasteiger partial charge on any atom is -0.447 e. The monoisotopic (exact) mass is 465 g/mol. The fraction of sp³-hybridized carbons (Fsp3) is 0.400. The Morgan fingerprint density at radius 3 is 2.87 bits per heavy atom. The number of likely N-dealkylation sites (N-methyl/N-ethyl adjacent to an activating group) is 1. The number of aromatic nitrogens is 2. The number of rotatable bonds is 7. The Morgan fingerprint density at radius 2 is 2.19 bits per heavy atom. The zero-order valence-electron chi connectivity index (χ0n) is 17.5. The van der Waals surface area contributed by atoms with Crippen molar-refractivity contribution in [2.24, 2.45) is 0 Å². The summed E-state index contributed by atoms with van der Waals surface area (Å²) >= 11 is 1.25. The van der Waals surface area contributed by atoms with Crippen LogP contribution < -0.4 is 9.62 Å². The van der Waals surface area contributed by atoms with Gasteiger partial charge in [-0.3, -0.25) is 9.62 Å². The molecule has 0 aliphatic carbocycles. The molecule has 4 rings (SSSR count). The number of benzene rings is 1. The molecule has 0 amide bonds. The van der Waals surface area contributed by atoms with Gasteiger partial charge in [0.25, 0.3) is 10.0 Å². The number of nitrogens with zero attached hydrogens (tertiary/aromatic N) is 4. The summed E-state index contributed by atoms with van der Waals surface area (Å²) in [5.74, 6) is 0.0704. The van der Waals surface area contributed by atoms with Gasteiger partial charge in [0.1, 0.15) is 17.0 Å². The minimum atomic E-state index is -4.06. The molecule has 1 aromatic carbocycles. The van der Waals surface area contributed by atoms with Crippen LogP contribution >= 0.6 is 11.3 Å². The maximum atomic E-state index is 14.9. The lowest BCUT2D eigenvalue weighted by Gasteiger charge is -2.29. The number of aryl methyl sites for hydroxylation is 2. The topological polar surface area (TPSA) is 91.6 Å². The number of halogens is 1. The quantitative estimate of drug-likeness (QED) is 0.572. The van der Waals surface area contributed by atoms with Crippen LogP contribution in [0.1, 0.15) is 23.6 Å². The van der Waals surface area contributed by atoms with E-state index in [0.29, 0.717) is 23.7 Å². The standard InChI is InChI=1S/C20H24FN5O3S2/c1-13-6-18(31(27,28)24-19-11-30-12-22-19)16(21)7-17(13)25(3)15-4-5-26(8-15)9-20-23-14(2)10-29-20/h6-7,10-12,15,24H,4-5,8-9H2,1-3H3. The number of hydrogen-bond donors (Lipinski definition) is 1. The number of nitrogens with one attached hydrogen (secondary N) is 1. The normalized spacial score (nSPS) is 17.2. The molecule has 1 atom stereocenters. The second-order valence-corrected chi connectivity index (χ2v) is 10.1. The van der Waals surface area contributed by atoms with Crippen molar-refractivity contribution in [3.63, 3.8) is 0 Å². The van der Waals surface area contributed by atoms with Crippen LogP contribution in [0.2, 0.25) is 0 Å². The number of hydrogen-bond acceptors (Lipinski definition) is 8. The first-order chi connectivity index (χ1) is 14.7. The SMILES string of the molecule is Cc1coc(CN2CCC(N(C)c3cc(F)c(S(=O)(=O)Nc4cscn4)cc3C)C2)n1. The lowest BCUT2D eigenvalue weighted by Crippen LogP contribution is -2.35. The zero-order valence-corrected chi connectivity index (χ0v) is 19.1. The third-order valence-electron chi connectivity index (χ3n) is 5.41. The Labute approximate surface area is 184 Å². The van der Waals surface area contributed by atoms with E-state index in [1.165, 1.54) is 29.0 Å². The molecular formula is C20H24FN5O3S2. The first-order valence-electron chi connectivity index (χ1n) is 9.80. The van der Waals surface area contributed by atoms with Crippen molar-refractivity contribution in [3.05, 3.63) is 52.3 Å². The van der Waals surface area contributed by atoms with Crippen molar-refractivity contribution < 1.29 is 17.2 Å². The number of sulfonamides is 1. The zero-order chi connectivity index (χ0) is 22.2. The van der Waals surface area contributed by atoms with Gasteiger partial charge in [0, 0.05) is 37.2 Å². The van der Waals surface area contributed by atoms with E-state index < -0.39 is 15.8 Å². The first kappa shape index (κ1) is 21.7. The second kappa shape index (κ2) is 8.56. The Bertz CT molecular complexity index is 1160. The summed E-state index contributed by atoms with van der Waals surface area (Å²) in [6.45, 7) is 5.97. The van der Waals surface area contributed by atoms with Gasteiger partial charge in [0.15, 0.2) is 5.82 Å². The molecule has 3 heterocycles. The average molecular weight is 466 g/mol. The molecule has 166 valence electrons. The Hall–Kier alpha value is -2.50. The lowest BCUT2D eigenvalue weighted by molar-refractivity contribution is 0.287. The van der Waals surface area contributed by atoms with Crippen LogP contribution in [-0.2, 0) is 16.6 Å². The highest BCUT2D eigenvalue weighted by atomic mass is 32.2. The number of oxazole rings is 1. The largest absolute Gasteiger partial charge is 0.447 e. The maximum absolute atomic E-state index is 14.9. The summed E-state index contributed by atoms with van der Waals surface area (Å²) in [7, 11) is -2.15. The van der Waals surface area contributed by atoms with Gasteiger partial charge in [0.05, 0.1) is 17.7 Å². The van der Waals surface area contributed by atoms with E-state index in [4.69, 9.17) is 4.42 Å². The highest BCUT2D eigenvalue weighted by Crippen LogP contribution is 2.30. The Kier molecular flexibility index (Phi) is 6.00. The van der Waals surface area contributed by atoms with Crippen molar-refractivity contribution in [1.29, 1.82) is 0 Å². The highest BCUT2D eigenvalue weighted by molar-refractivity contribution is 7.92. The summed E-state index contributed by atoms with van der Waals surface area (Å²) in [6.07, 6.45) is 2.54. The predicted molar refractivity (Wildman–Crippen MR) is 117 cm³/mol. The van der Waals surface area contributed by atoms with Crippen molar-refractivity contribution in [1.82, 2.24) is 14.9 Å². The Balaban J connectivity index is 1.49. The van der Waals surface area contributed by atoms with Gasteiger partial charge in [-0.1, -0.05) is 0 Å². The molecule has 1 unspecified atom stereocenters. The third kappa shape index (κ3) is 4.73. The van der Waals surface area contributed by atoms with Crippen molar-refractivity contribution in [2.75, 3.05) is 29.8 Å². The molecular weight excluding hydrogens is 441 g/mol. The van der Waals surface area contributed by atoms with Gasteiger partial charge in [-0.25, -0.2) is 22.8 Å². The summed E-state index contributed by atoms with van der Waals surface area (Å²) in [6, 6.07) is 2.84. The summed E-state index contributed by atoms with van der Waals surface area (Å²) in [5, 5.41) is 1.55. The molecule has 31 heavy (non-hydrogen) atoms. The van der Waals surface area contributed by atoms with Crippen LogP contribution in [0, 0.1) is 19.7 Å². The van der Waals surface area contributed by atoms with E-state index in [-0.39, 0.29) is 16.8 Å². The van der Waals surface area contributed by atoms with E-state index in [9.17, 15) is 12.8 Å². The van der Waals surface area contributed by atoms with Crippen molar-refractivity contribution >= 4 is 32.9 Å². The van der Waals surface area contributed by atoms with Gasteiger partial charge in [-0.15, -0.1) is 11.3 Å². The second-order valence-electron chi connectivity index (χ2n) is 7.72. The molecule has 1 fully saturated rings. The van der Waals surface area contributed by atoms with Crippen molar-refractivity contribution in [3.8, 4) is 0 Å². The molecule has 0 radical (unpaired) electrons. The summed E-state index contributed by atoms with van der Waals surface area (Å²) < 4.78 is 47.8. The Morgan fingerprint density at radius 1 is 1.39 bits per heavy atom. The van der Waals surface area contributed by atoms with E-state index >= 15 is 0 Å². The molecule has 0 bridgehead atoms. The van der Waals surface area contributed by atoms with Crippen LogP contribution in [0.3, 0.4) is 0 Å². The summed E-state index contributed by atoms with van der Waals surface area (Å²) in [4.78, 5) is 12.1. The fourth-order valence-corrected chi connectivity index (χ4v) is 5.52. The molecule has 1 aliphatic rings. The van der Waals surface area contributed by atoms with E-state index in [1.807, 2.05) is 18.9 Å². The lowest BCUT2D eigenvalue weighted by atomic mass is 10.1. The number of thiazole rings is 1. The van der Waals surface area contributed by atoms with Gasteiger partial charge in [-0.05, 0) is 38.0 Å². The molecule has 2 aromatic heterocycles. The minimum absolute atomic E-state index is 0.171. The molecule has 8 nitrogen and oxygen atoms in total. The highest BCUT2D eigenvalue weighted by Gasteiger charge is 2.29. The molecule has 1 N–H and O–H groups in total. The maximum Gasteiger partial charge on any atom is 0.266 e. The fourth-order valence-electron chi connectivity index (χ4n) is 3.82. The van der Waals surface area contributed by atoms with Crippen LogP contribution in [0.25, 0.3) is 0 Å². The van der Waals surface area contributed by atoms with E-state index in [1.54, 1.807) is 18.6 Å². The van der Waals surface area contributed by atoms with Crippen LogP contribution in [0.4, 0.5) is 15.9 Å². The third-order valence-corrected chi connectivity index (χ3v) is 7.37. The molecule has 0 spiro atoms. The van der Waals surface area contributed by atoms with E-state index in [2.05, 4.69) is 19.6 Å². The van der Waals surface area contributed by atoms with Gasteiger partial charge >= 0.3 is 0 Å². The van der Waals surface area contributed by atoms with Crippen LogP contribution in [0.5, 0.6) is 0 Å². The molecule has 1 saturated heterocycles. The van der Waals surface area contributed by atoms with Crippen LogP contribution in [0.15, 0.2) is 38.6 Å². The average Bonchev–Trinajstić information content (AvgIpc) is 3.46. The van der Waals surface area contributed by atoms with E-state index in [0.717, 1.165) is 25.2 Å². The van der Waals surface area contributed by atoms with Crippen molar-refractivity contribution in [2.45, 2.75) is 37.8 Å². The predicted octanol–water partition coefficient (Wildman–Crippen LogP) is 3.40. The van der Waals surface area contributed by atoms with Gasteiger partial charge in [0.2, 0.25) is 5.89 Å². The van der Waals surface area contributed by atoms with Crippen LogP contribution in [-0.4, -0.2) is 49.5 Å². The number of anilines is 2.